The number of amides is 3. The zero-order chi connectivity index (χ0) is 14.0. The van der Waals surface area contributed by atoms with Gasteiger partial charge in [-0.05, 0) is 24.6 Å². The van der Waals surface area contributed by atoms with Crippen molar-refractivity contribution in [3.63, 3.8) is 0 Å². The molecule has 0 spiro atoms. The van der Waals surface area contributed by atoms with E-state index >= 15 is 0 Å². The average Bonchev–Trinajstić information content (AvgIpc) is 2.31. The molecule has 1 aliphatic rings. The van der Waals surface area contributed by atoms with E-state index < -0.39 is 23.7 Å². The van der Waals surface area contributed by atoms with Crippen LogP contribution in [0.5, 0.6) is 0 Å². The summed E-state index contributed by atoms with van der Waals surface area (Å²) >= 11 is 5.64. The van der Waals surface area contributed by atoms with Gasteiger partial charge >= 0.3 is 0 Å². The summed E-state index contributed by atoms with van der Waals surface area (Å²) in [6, 6.07) is 2.59. The van der Waals surface area contributed by atoms with Crippen molar-refractivity contribution in [3.05, 3.63) is 34.6 Å². The third kappa shape index (κ3) is 3.29. The van der Waals surface area contributed by atoms with E-state index in [1.807, 2.05) is 0 Å². The van der Waals surface area contributed by atoms with Gasteiger partial charge in [-0.1, -0.05) is 11.6 Å². The number of halogens is 2. The highest BCUT2D eigenvalue weighted by Gasteiger charge is 2.28. The summed E-state index contributed by atoms with van der Waals surface area (Å²) in [5.41, 5.74) is 0.0229. The number of carbonyl (C=O) groups excluding carboxylic acids is 3. The molecule has 19 heavy (non-hydrogen) atoms. The van der Waals surface area contributed by atoms with Gasteiger partial charge in [0, 0.05) is 17.0 Å². The molecule has 0 bridgehead atoms. The third-order valence-electron chi connectivity index (χ3n) is 2.67. The maximum absolute atomic E-state index is 13.1. The molecule has 1 aliphatic heterocycles. The summed E-state index contributed by atoms with van der Waals surface area (Å²) < 4.78 is 13.1. The number of hydrogen-bond acceptors (Lipinski definition) is 3. The predicted molar refractivity (Wildman–Crippen MR) is 65.0 cm³/mol. The van der Waals surface area contributed by atoms with Crippen LogP contribution in [0.15, 0.2) is 18.2 Å². The summed E-state index contributed by atoms with van der Waals surface area (Å²) in [6.07, 6.45) is 0.375. The molecule has 0 aliphatic carbocycles. The van der Waals surface area contributed by atoms with Crippen LogP contribution >= 0.6 is 11.6 Å². The summed E-state index contributed by atoms with van der Waals surface area (Å²) in [5.74, 6) is -2.19. The molecule has 2 rings (SSSR count). The van der Waals surface area contributed by atoms with Gasteiger partial charge in [0.15, 0.2) is 0 Å². The van der Waals surface area contributed by atoms with Crippen molar-refractivity contribution in [1.82, 2.24) is 10.6 Å². The molecule has 0 saturated carbocycles. The van der Waals surface area contributed by atoms with Crippen molar-refractivity contribution >= 4 is 29.3 Å². The highest BCUT2D eigenvalue weighted by Crippen LogP contribution is 2.14. The van der Waals surface area contributed by atoms with Crippen molar-refractivity contribution in [1.29, 1.82) is 0 Å². The third-order valence-corrected chi connectivity index (χ3v) is 2.89. The lowest BCUT2D eigenvalue weighted by molar-refractivity contribution is -0.134. The molecule has 100 valence electrons. The van der Waals surface area contributed by atoms with Crippen LogP contribution in [-0.4, -0.2) is 23.8 Å². The minimum atomic E-state index is -0.799. The molecule has 1 heterocycles. The van der Waals surface area contributed by atoms with E-state index in [1.54, 1.807) is 0 Å². The lowest BCUT2D eigenvalue weighted by Crippen LogP contribution is -2.52. The van der Waals surface area contributed by atoms with Gasteiger partial charge in [0.2, 0.25) is 11.8 Å². The fraction of sp³-hybridized carbons (Fsp3) is 0.250. The van der Waals surface area contributed by atoms with Crippen molar-refractivity contribution in [2.75, 3.05) is 0 Å². The lowest BCUT2D eigenvalue weighted by atomic mass is 10.1. The number of rotatable bonds is 2. The lowest BCUT2D eigenvalue weighted by Gasteiger charge is -2.21. The van der Waals surface area contributed by atoms with Gasteiger partial charge in [-0.3, -0.25) is 19.7 Å². The van der Waals surface area contributed by atoms with E-state index in [-0.39, 0.29) is 29.3 Å². The zero-order valence-electron chi connectivity index (χ0n) is 9.70. The maximum Gasteiger partial charge on any atom is 0.252 e. The molecule has 1 aromatic rings. The molecular formula is C12H10ClFN2O3. The highest BCUT2D eigenvalue weighted by atomic mass is 35.5. The van der Waals surface area contributed by atoms with Crippen LogP contribution in [0.4, 0.5) is 4.39 Å². The van der Waals surface area contributed by atoms with Crippen LogP contribution in [0, 0.1) is 5.82 Å². The Bertz CT molecular complexity index is 542. The summed E-state index contributed by atoms with van der Waals surface area (Å²) in [7, 11) is 0. The van der Waals surface area contributed by atoms with E-state index in [4.69, 9.17) is 11.6 Å². The Hall–Kier alpha value is -1.95. The van der Waals surface area contributed by atoms with Crippen molar-refractivity contribution < 1.29 is 18.8 Å². The van der Waals surface area contributed by atoms with Crippen LogP contribution in [0.25, 0.3) is 0 Å². The Labute approximate surface area is 113 Å². The first-order valence-corrected chi connectivity index (χ1v) is 5.94. The van der Waals surface area contributed by atoms with Gasteiger partial charge in [-0.25, -0.2) is 4.39 Å². The Morgan fingerprint density at radius 1 is 1.37 bits per heavy atom. The van der Waals surface area contributed by atoms with Crippen molar-refractivity contribution in [3.8, 4) is 0 Å². The van der Waals surface area contributed by atoms with Gasteiger partial charge in [0.05, 0.1) is 0 Å². The van der Waals surface area contributed by atoms with Crippen LogP contribution < -0.4 is 10.6 Å². The fourth-order valence-electron chi connectivity index (χ4n) is 1.76. The number of benzene rings is 1. The van der Waals surface area contributed by atoms with Gasteiger partial charge in [0.25, 0.3) is 5.91 Å². The standard InChI is InChI=1S/C12H10ClFN2O3/c13-7-3-6(4-8(14)5-7)11(18)15-9-1-2-10(17)16-12(9)19/h3-5,9H,1-2H2,(H,15,18)(H,16,17,19). The van der Waals surface area contributed by atoms with Crippen molar-refractivity contribution in [2.24, 2.45) is 0 Å². The van der Waals surface area contributed by atoms with E-state index in [0.717, 1.165) is 12.1 Å². The summed E-state index contributed by atoms with van der Waals surface area (Å²) in [5, 5.41) is 4.64. The van der Waals surface area contributed by atoms with Crippen LogP contribution in [0.2, 0.25) is 5.02 Å². The largest absolute Gasteiger partial charge is 0.340 e. The molecule has 1 aromatic carbocycles. The molecule has 1 saturated heterocycles. The van der Waals surface area contributed by atoms with E-state index in [0.29, 0.717) is 0 Å². The van der Waals surface area contributed by atoms with Crippen LogP contribution in [0.1, 0.15) is 23.2 Å². The Morgan fingerprint density at radius 2 is 2.11 bits per heavy atom. The second-order valence-electron chi connectivity index (χ2n) is 4.14. The minimum Gasteiger partial charge on any atom is -0.340 e. The normalized spacial score (nSPS) is 18.9. The maximum atomic E-state index is 13.1. The zero-order valence-corrected chi connectivity index (χ0v) is 10.5. The minimum absolute atomic E-state index is 0.0229. The molecular weight excluding hydrogens is 275 g/mol. The highest BCUT2D eigenvalue weighted by molar-refractivity contribution is 6.31. The van der Waals surface area contributed by atoms with Crippen LogP contribution in [0.3, 0.4) is 0 Å². The number of carbonyl (C=O) groups is 3. The Balaban J connectivity index is 2.08. The van der Waals surface area contributed by atoms with Gasteiger partial charge < -0.3 is 5.32 Å². The second-order valence-corrected chi connectivity index (χ2v) is 4.57. The van der Waals surface area contributed by atoms with Gasteiger partial charge in [-0.15, -0.1) is 0 Å². The van der Waals surface area contributed by atoms with E-state index in [2.05, 4.69) is 10.6 Å². The number of imide groups is 1. The van der Waals surface area contributed by atoms with Crippen LogP contribution in [-0.2, 0) is 9.59 Å². The average molecular weight is 285 g/mol. The molecule has 1 fully saturated rings. The van der Waals surface area contributed by atoms with E-state index in [1.165, 1.54) is 6.07 Å². The Kier molecular flexibility index (Phi) is 3.80. The molecule has 1 unspecified atom stereocenters. The van der Waals surface area contributed by atoms with E-state index in [9.17, 15) is 18.8 Å². The fourth-order valence-corrected chi connectivity index (χ4v) is 1.98. The molecule has 0 aromatic heterocycles. The molecule has 2 N–H and O–H groups in total. The Morgan fingerprint density at radius 3 is 2.74 bits per heavy atom. The monoisotopic (exact) mass is 284 g/mol. The first-order chi connectivity index (χ1) is 8.95. The topological polar surface area (TPSA) is 75.3 Å². The SMILES string of the molecule is O=C1CCC(NC(=O)c2cc(F)cc(Cl)c2)C(=O)N1. The first kappa shape index (κ1) is 13.5. The second kappa shape index (κ2) is 5.36. The quantitative estimate of drug-likeness (QED) is 0.796. The molecule has 0 radical (unpaired) electrons. The van der Waals surface area contributed by atoms with Gasteiger partial charge in [0.1, 0.15) is 11.9 Å². The summed E-state index contributed by atoms with van der Waals surface area (Å²) in [6.45, 7) is 0. The van der Waals surface area contributed by atoms with Gasteiger partial charge in [-0.2, -0.15) is 0 Å². The molecule has 7 heteroatoms. The smallest absolute Gasteiger partial charge is 0.252 e. The summed E-state index contributed by atoms with van der Waals surface area (Å²) in [4.78, 5) is 34.3. The number of nitrogens with one attached hydrogen (secondary N) is 2. The molecule has 3 amide bonds. The number of piperidine rings is 1. The molecule has 1 atom stereocenters. The predicted octanol–water partition coefficient (Wildman–Crippen LogP) is 1.01. The first-order valence-electron chi connectivity index (χ1n) is 5.56. The molecule has 5 nitrogen and oxygen atoms in total. The van der Waals surface area contributed by atoms with Crippen molar-refractivity contribution in [2.45, 2.75) is 18.9 Å². The number of hydrogen-bond donors (Lipinski definition) is 2.